The van der Waals surface area contributed by atoms with E-state index >= 15 is 0 Å². The zero-order chi connectivity index (χ0) is 17.8. The van der Waals surface area contributed by atoms with Crippen LogP contribution < -0.4 is 10.9 Å². The van der Waals surface area contributed by atoms with Crippen LogP contribution in [-0.2, 0) is 12.8 Å². The molecule has 6 heteroatoms. The Morgan fingerprint density at radius 2 is 1.89 bits per heavy atom. The number of nitrogens with one attached hydrogen (secondary N) is 1. The van der Waals surface area contributed by atoms with Crippen molar-refractivity contribution in [1.29, 1.82) is 0 Å². The number of piperazine rings is 1. The third-order valence-corrected chi connectivity index (χ3v) is 6.10. The van der Waals surface area contributed by atoms with Gasteiger partial charge in [-0.3, -0.25) is 14.2 Å². The molecule has 2 aromatic rings. The van der Waals surface area contributed by atoms with E-state index in [2.05, 4.69) is 11.4 Å². The van der Waals surface area contributed by atoms with Gasteiger partial charge in [-0.25, -0.2) is 0 Å². The number of amides is 1. The number of fused-ring (bicyclic) bond motifs is 3. The molecule has 142 valence electrons. The van der Waals surface area contributed by atoms with Gasteiger partial charge in [0.25, 0.3) is 11.5 Å². The Labute approximate surface area is 164 Å². The number of benzene rings is 1. The smallest absolute Gasteiger partial charge is 0.268 e. The van der Waals surface area contributed by atoms with Gasteiger partial charge in [0.2, 0.25) is 0 Å². The number of nitrogens with zero attached hydrogens (tertiary/aromatic N) is 2. The van der Waals surface area contributed by atoms with E-state index < -0.39 is 0 Å². The third kappa shape index (κ3) is 2.89. The summed E-state index contributed by atoms with van der Waals surface area (Å²) >= 11 is 0. The Morgan fingerprint density at radius 3 is 2.63 bits per heavy atom. The van der Waals surface area contributed by atoms with Crippen molar-refractivity contribution in [3.63, 3.8) is 0 Å². The summed E-state index contributed by atoms with van der Waals surface area (Å²) in [6.07, 6.45) is 6.15. The quantitative estimate of drug-likeness (QED) is 0.862. The average Bonchev–Trinajstić information content (AvgIpc) is 3.10. The number of hydrogen-bond acceptors (Lipinski definition) is 3. The molecule has 27 heavy (non-hydrogen) atoms. The predicted molar refractivity (Wildman–Crippen MR) is 107 cm³/mol. The molecule has 6 rings (SSSR count). The highest BCUT2D eigenvalue weighted by atomic mass is 35.5. The van der Waals surface area contributed by atoms with Gasteiger partial charge in [0, 0.05) is 31.4 Å². The maximum atomic E-state index is 13.3. The van der Waals surface area contributed by atoms with Gasteiger partial charge in [0.15, 0.2) is 0 Å². The van der Waals surface area contributed by atoms with E-state index in [1.807, 2.05) is 36.2 Å². The maximum Gasteiger partial charge on any atom is 0.268 e. The normalized spacial score (nSPS) is 22.6. The summed E-state index contributed by atoms with van der Waals surface area (Å²) in [6, 6.07) is 8.82. The fourth-order valence-electron chi connectivity index (χ4n) is 4.74. The monoisotopic (exact) mass is 385 g/mol. The molecular formula is C21H24ClN3O2. The summed E-state index contributed by atoms with van der Waals surface area (Å²) in [5.74, 6) is -0.120. The minimum absolute atomic E-state index is 0. The lowest BCUT2D eigenvalue weighted by Crippen LogP contribution is -2.67. The molecule has 1 aliphatic carbocycles. The van der Waals surface area contributed by atoms with Crippen molar-refractivity contribution in [3.05, 3.63) is 63.1 Å². The molecule has 2 unspecified atom stereocenters. The van der Waals surface area contributed by atoms with Crippen LogP contribution in [0.2, 0.25) is 0 Å². The van der Waals surface area contributed by atoms with Crippen LogP contribution in [0.3, 0.4) is 0 Å². The number of rotatable bonds is 2. The number of carbonyl (C=O) groups excluding carboxylic acids is 1. The fraction of sp³-hybridized carbons (Fsp3) is 0.429. The van der Waals surface area contributed by atoms with Gasteiger partial charge >= 0.3 is 0 Å². The molecule has 5 nitrogen and oxygen atoms in total. The van der Waals surface area contributed by atoms with Gasteiger partial charge in [0.05, 0.1) is 5.69 Å². The number of pyridine rings is 1. The Kier molecular flexibility index (Phi) is 4.60. The summed E-state index contributed by atoms with van der Waals surface area (Å²) in [5, 5.41) is 3.43. The zero-order valence-electron chi connectivity index (χ0n) is 15.4. The fourth-order valence-corrected chi connectivity index (χ4v) is 4.74. The molecule has 0 spiro atoms. The summed E-state index contributed by atoms with van der Waals surface area (Å²) in [5.41, 5.74) is 4.40. The van der Waals surface area contributed by atoms with Crippen LogP contribution in [-0.4, -0.2) is 40.5 Å². The van der Waals surface area contributed by atoms with E-state index in [0.29, 0.717) is 30.7 Å². The summed E-state index contributed by atoms with van der Waals surface area (Å²) in [4.78, 5) is 28.2. The number of carbonyl (C=O) groups is 1. The number of aromatic nitrogens is 1. The van der Waals surface area contributed by atoms with Gasteiger partial charge in [0.1, 0.15) is 5.56 Å². The topological polar surface area (TPSA) is 54.3 Å². The highest BCUT2D eigenvalue weighted by Crippen LogP contribution is 2.27. The second kappa shape index (κ2) is 6.80. The van der Waals surface area contributed by atoms with Crippen LogP contribution in [0, 0.1) is 6.92 Å². The standard InChI is InChI=1S/C21H23N3O2.ClH/c1-13-8-9-24(18-7-3-5-14-4-2-6-17(14)18)21(26)19(13)20(25)23-11-15-10-16(12-23)22-15;/h3,5,7-9,15-16,22H,2,4,6,10-12H2,1H3;1H. The number of piperidine rings is 1. The van der Waals surface area contributed by atoms with Crippen molar-refractivity contribution in [2.24, 2.45) is 0 Å². The largest absolute Gasteiger partial charge is 0.335 e. The van der Waals surface area contributed by atoms with Gasteiger partial charge < -0.3 is 10.2 Å². The van der Waals surface area contributed by atoms with E-state index in [1.165, 1.54) is 11.1 Å². The van der Waals surface area contributed by atoms with Crippen LogP contribution in [0.4, 0.5) is 0 Å². The lowest BCUT2D eigenvalue weighted by atomic mass is 9.91. The SMILES string of the molecule is Cc1ccn(-c2cccc3c2CCC3)c(=O)c1C(=O)N1CC2CC(C1)N2.Cl. The summed E-state index contributed by atoms with van der Waals surface area (Å²) < 4.78 is 1.67. The van der Waals surface area contributed by atoms with Crippen molar-refractivity contribution in [2.45, 2.75) is 44.7 Å². The number of hydrogen-bond donors (Lipinski definition) is 1. The van der Waals surface area contributed by atoms with Gasteiger partial charge in [-0.2, -0.15) is 0 Å². The van der Waals surface area contributed by atoms with Crippen molar-refractivity contribution < 1.29 is 4.79 Å². The first-order chi connectivity index (χ1) is 12.6. The molecule has 3 fully saturated rings. The second-order valence-corrected chi connectivity index (χ2v) is 7.82. The van der Waals surface area contributed by atoms with Gasteiger partial charge in [-0.05, 0) is 61.4 Å². The Balaban J connectivity index is 0.00000180. The maximum absolute atomic E-state index is 13.3. The summed E-state index contributed by atoms with van der Waals surface area (Å²) in [7, 11) is 0. The van der Waals surface area contributed by atoms with Crippen LogP contribution >= 0.6 is 12.4 Å². The third-order valence-electron chi connectivity index (χ3n) is 6.10. The molecular weight excluding hydrogens is 362 g/mol. The molecule has 1 N–H and O–H groups in total. The first-order valence-corrected chi connectivity index (χ1v) is 9.50. The second-order valence-electron chi connectivity index (χ2n) is 7.82. The van der Waals surface area contributed by atoms with Crippen molar-refractivity contribution >= 4 is 18.3 Å². The molecule has 1 aromatic carbocycles. The highest BCUT2D eigenvalue weighted by molar-refractivity contribution is 5.95. The lowest BCUT2D eigenvalue weighted by Gasteiger charge is -2.48. The van der Waals surface area contributed by atoms with E-state index in [1.54, 1.807) is 4.57 Å². The minimum atomic E-state index is -0.192. The van der Waals surface area contributed by atoms with Crippen LogP contribution in [0.5, 0.6) is 0 Å². The van der Waals surface area contributed by atoms with Crippen LogP contribution in [0.15, 0.2) is 35.3 Å². The minimum Gasteiger partial charge on any atom is -0.335 e. The number of halogens is 1. The van der Waals surface area contributed by atoms with Gasteiger partial charge in [-0.1, -0.05) is 12.1 Å². The first kappa shape index (κ1) is 18.3. The number of aryl methyl sites for hydroxylation is 2. The molecule has 0 radical (unpaired) electrons. The average molecular weight is 386 g/mol. The lowest BCUT2D eigenvalue weighted by molar-refractivity contribution is 0.0471. The molecule has 3 saturated heterocycles. The zero-order valence-corrected chi connectivity index (χ0v) is 16.2. The molecule has 2 bridgehead atoms. The Bertz CT molecular complexity index is 952. The predicted octanol–water partition coefficient (Wildman–Crippen LogP) is 2.24. The van der Waals surface area contributed by atoms with Crippen molar-refractivity contribution in [1.82, 2.24) is 14.8 Å². The van der Waals surface area contributed by atoms with Crippen molar-refractivity contribution in [2.75, 3.05) is 13.1 Å². The Morgan fingerprint density at radius 1 is 1.15 bits per heavy atom. The molecule has 3 aliphatic heterocycles. The molecule has 0 saturated carbocycles. The molecule has 1 aromatic heterocycles. The first-order valence-electron chi connectivity index (χ1n) is 9.50. The molecule has 1 amide bonds. The van der Waals surface area contributed by atoms with Crippen LogP contribution in [0.25, 0.3) is 5.69 Å². The van der Waals surface area contributed by atoms with E-state index in [4.69, 9.17) is 0 Å². The van der Waals surface area contributed by atoms with E-state index in [0.717, 1.165) is 36.9 Å². The Hall–Kier alpha value is -2.11. The van der Waals surface area contributed by atoms with Gasteiger partial charge in [-0.15, -0.1) is 12.4 Å². The summed E-state index contributed by atoms with van der Waals surface area (Å²) in [6.45, 7) is 3.25. The van der Waals surface area contributed by atoms with Crippen molar-refractivity contribution in [3.8, 4) is 5.69 Å². The van der Waals surface area contributed by atoms with E-state index in [9.17, 15) is 9.59 Å². The highest BCUT2D eigenvalue weighted by Gasteiger charge is 2.39. The molecule has 4 heterocycles. The molecule has 2 atom stereocenters. The van der Waals surface area contributed by atoms with Crippen LogP contribution in [0.1, 0.15) is 39.9 Å². The molecule has 4 aliphatic rings. The van der Waals surface area contributed by atoms with E-state index in [-0.39, 0.29) is 23.9 Å².